The SMILES string of the molecule is Cc1nc(C)c(C(=O)NCCN(C)C(=O)OC(C)(C)C)c(-c2ccc(Cl)cc2Cl)c1CN. The van der Waals surface area contributed by atoms with Crippen molar-refractivity contribution in [2.24, 2.45) is 5.73 Å². The van der Waals surface area contributed by atoms with Crippen LogP contribution in [0.1, 0.15) is 48.1 Å². The molecule has 0 saturated carbocycles. The van der Waals surface area contributed by atoms with Crippen molar-refractivity contribution in [2.75, 3.05) is 20.1 Å². The van der Waals surface area contributed by atoms with Crippen LogP contribution in [0.25, 0.3) is 11.1 Å². The molecular formula is C23H30Cl2N4O3. The largest absolute Gasteiger partial charge is 0.444 e. The van der Waals surface area contributed by atoms with Gasteiger partial charge in [-0.2, -0.15) is 0 Å². The van der Waals surface area contributed by atoms with Crippen LogP contribution in [-0.4, -0.2) is 47.6 Å². The molecule has 0 bridgehead atoms. The van der Waals surface area contributed by atoms with Gasteiger partial charge in [-0.05, 0) is 52.3 Å². The smallest absolute Gasteiger partial charge is 0.410 e. The van der Waals surface area contributed by atoms with Crippen molar-refractivity contribution in [3.63, 3.8) is 0 Å². The molecule has 1 aromatic carbocycles. The van der Waals surface area contributed by atoms with E-state index in [1.165, 1.54) is 4.90 Å². The summed E-state index contributed by atoms with van der Waals surface area (Å²) in [6, 6.07) is 5.11. The lowest BCUT2D eigenvalue weighted by molar-refractivity contribution is 0.0299. The van der Waals surface area contributed by atoms with Gasteiger partial charge >= 0.3 is 6.09 Å². The van der Waals surface area contributed by atoms with Crippen LogP contribution in [0, 0.1) is 13.8 Å². The second-order valence-electron chi connectivity index (χ2n) is 8.50. The van der Waals surface area contributed by atoms with Gasteiger partial charge in [0.05, 0.1) is 11.3 Å². The van der Waals surface area contributed by atoms with Crippen LogP contribution in [0.5, 0.6) is 0 Å². The molecular weight excluding hydrogens is 451 g/mol. The standard InChI is InChI=1S/C23H30Cl2N4O3/c1-13-17(12-26)20(16-8-7-15(24)11-18(16)25)19(14(2)28-13)21(30)27-9-10-29(6)22(31)32-23(3,4)5/h7-8,11H,9-10,12,26H2,1-6H3,(H,27,30). The molecule has 7 nitrogen and oxygen atoms in total. The number of benzene rings is 1. The van der Waals surface area contributed by atoms with Crippen molar-refractivity contribution in [3.8, 4) is 11.1 Å². The summed E-state index contributed by atoms with van der Waals surface area (Å²) >= 11 is 12.5. The number of ether oxygens (including phenoxy) is 1. The molecule has 1 aromatic heterocycles. The van der Waals surface area contributed by atoms with E-state index in [9.17, 15) is 9.59 Å². The van der Waals surface area contributed by atoms with Crippen LogP contribution in [0.15, 0.2) is 18.2 Å². The van der Waals surface area contributed by atoms with E-state index in [0.717, 1.165) is 11.3 Å². The Hall–Kier alpha value is -2.35. The molecule has 0 unspecified atom stereocenters. The highest BCUT2D eigenvalue weighted by atomic mass is 35.5. The lowest BCUT2D eigenvalue weighted by atomic mass is 9.92. The molecule has 0 aliphatic rings. The van der Waals surface area contributed by atoms with Crippen LogP contribution in [0.2, 0.25) is 10.0 Å². The zero-order valence-electron chi connectivity index (χ0n) is 19.3. The number of halogens is 2. The van der Waals surface area contributed by atoms with Crippen LogP contribution >= 0.6 is 23.2 Å². The van der Waals surface area contributed by atoms with Gasteiger partial charge in [0.2, 0.25) is 0 Å². The van der Waals surface area contributed by atoms with Gasteiger partial charge in [0.25, 0.3) is 5.91 Å². The Balaban J connectivity index is 2.32. The maximum Gasteiger partial charge on any atom is 0.410 e. The van der Waals surface area contributed by atoms with E-state index in [1.807, 2.05) is 6.92 Å². The Labute approximate surface area is 199 Å². The highest BCUT2D eigenvalue weighted by Crippen LogP contribution is 2.36. The zero-order valence-corrected chi connectivity index (χ0v) is 20.8. The van der Waals surface area contributed by atoms with Crippen LogP contribution in [0.4, 0.5) is 4.79 Å². The van der Waals surface area contributed by atoms with E-state index in [4.69, 9.17) is 33.7 Å². The molecule has 174 valence electrons. The Bertz CT molecular complexity index is 1020. The van der Waals surface area contributed by atoms with Gasteiger partial charge in [-0.1, -0.05) is 29.3 Å². The second-order valence-corrected chi connectivity index (χ2v) is 9.34. The molecule has 0 fully saturated rings. The van der Waals surface area contributed by atoms with Crippen LogP contribution in [-0.2, 0) is 11.3 Å². The minimum absolute atomic E-state index is 0.190. The lowest BCUT2D eigenvalue weighted by Crippen LogP contribution is -2.39. The number of rotatable bonds is 6. The average molecular weight is 481 g/mol. The number of nitrogens with zero attached hydrogens (tertiary/aromatic N) is 2. The Morgan fingerprint density at radius 3 is 2.41 bits per heavy atom. The van der Waals surface area contributed by atoms with Crippen molar-refractivity contribution in [1.82, 2.24) is 15.2 Å². The highest BCUT2D eigenvalue weighted by molar-refractivity contribution is 6.36. The van der Waals surface area contributed by atoms with Gasteiger partial charge in [0, 0.05) is 53.5 Å². The fourth-order valence-corrected chi connectivity index (χ4v) is 3.76. The van der Waals surface area contributed by atoms with Gasteiger partial charge in [-0.25, -0.2) is 4.79 Å². The minimum atomic E-state index is -0.593. The summed E-state index contributed by atoms with van der Waals surface area (Å²) < 4.78 is 5.33. The summed E-state index contributed by atoms with van der Waals surface area (Å²) in [6.07, 6.45) is -0.459. The number of nitrogens with two attached hydrogens (primary N) is 1. The molecule has 0 aliphatic heterocycles. The third-order valence-electron chi connectivity index (χ3n) is 4.76. The normalized spacial score (nSPS) is 11.3. The highest BCUT2D eigenvalue weighted by Gasteiger charge is 2.24. The maximum absolute atomic E-state index is 13.2. The first-order valence-electron chi connectivity index (χ1n) is 10.2. The first kappa shape index (κ1) is 25.9. The molecule has 1 heterocycles. The van der Waals surface area contributed by atoms with Gasteiger partial charge < -0.3 is 20.7 Å². The molecule has 2 amide bonds. The molecule has 0 spiro atoms. The number of carbonyl (C=O) groups excluding carboxylic acids is 2. The number of hydrogen-bond acceptors (Lipinski definition) is 5. The van der Waals surface area contributed by atoms with Crippen molar-refractivity contribution < 1.29 is 14.3 Å². The van der Waals surface area contributed by atoms with Crippen molar-refractivity contribution in [2.45, 2.75) is 46.8 Å². The third kappa shape index (κ3) is 6.34. The Morgan fingerprint density at radius 1 is 1.19 bits per heavy atom. The van der Waals surface area contributed by atoms with Crippen molar-refractivity contribution in [1.29, 1.82) is 0 Å². The van der Waals surface area contributed by atoms with E-state index < -0.39 is 11.7 Å². The Kier molecular flexibility index (Phi) is 8.51. The zero-order chi connectivity index (χ0) is 24.2. The molecule has 3 N–H and O–H groups in total. The first-order chi connectivity index (χ1) is 14.9. The van der Waals surface area contributed by atoms with Gasteiger partial charge in [-0.15, -0.1) is 0 Å². The van der Waals surface area contributed by atoms with Crippen LogP contribution < -0.4 is 11.1 Å². The number of aryl methyl sites for hydroxylation is 2. The Morgan fingerprint density at radius 2 is 1.84 bits per heavy atom. The fourth-order valence-electron chi connectivity index (χ4n) is 3.26. The lowest BCUT2D eigenvalue weighted by Gasteiger charge is -2.25. The average Bonchev–Trinajstić information content (AvgIpc) is 2.66. The van der Waals surface area contributed by atoms with Crippen molar-refractivity contribution in [3.05, 3.63) is 50.8 Å². The van der Waals surface area contributed by atoms with Gasteiger partial charge in [0.1, 0.15) is 5.60 Å². The number of hydrogen-bond donors (Lipinski definition) is 2. The van der Waals surface area contributed by atoms with Crippen molar-refractivity contribution >= 4 is 35.2 Å². The topological polar surface area (TPSA) is 97.5 Å². The van der Waals surface area contributed by atoms with E-state index >= 15 is 0 Å². The molecule has 0 saturated heterocycles. The summed E-state index contributed by atoms with van der Waals surface area (Å²) in [5.74, 6) is -0.330. The molecule has 32 heavy (non-hydrogen) atoms. The first-order valence-corrected chi connectivity index (χ1v) is 11.0. The molecule has 0 aliphatic carbocycles. The maximum atomic E-state index is 13.2. The molecule has 2 aromatic rings. The predicted octanol–water partition coefficient (Wildman–Crippen LogP) is 4.73. The second kappa shape index (κ2) is 10.5. The summed E-state index contributed by atoms with van der Waals surface area (Å²) in [6.45, 7) is 9.70. The van der Waals surface area contributed by atoms with E-state index in [1.54, 1.807) is 52.9 Å². The quantitative estimate of drug-likeness (QED) is 0.622. The van der Waals surface area contributed by atoms with E-state index in [2.05, 4.69) is 10.3 Å². The number of aromatic nitrogens is 1. The van der Waals surface area contributed by atoms with Crippen LogP contribution in [0.3, 0.4) is 0 Å². The van der Waals surface area contributed by atoms with Gasteiger partial charge in [0.15, 0.2) is 0 Å². The fraction of sp³-hybridized carbons (Fsp3) is 0.435. The molecule has 2 rings (SSSR count). The monoisotopic (exact) mass is 480 g/mol. The number of pyridine rings is 1. The van der Waals surface area contributed by atoms with E-state index in [-0.39, 0.29) is 25.5 Å². The summed E-state index contributed by atoms with van der Waals surface area (Å²) in [4.78, 5) is 31.3. The molecule has 9 heteroatoms. The van der Waals surface area contributed by atoms with E-state index in [0.29, 0.717) is 32.4 Å². The number of carbonyl (C=O) groups is 2. The molecule has 0 radical (unpaired) electrons. The minimum Gasteiger partial charge on any atom is -0.444 e. The summed E-state index contributed by atoms with van der Waals surface area (Å²) in [5.41, 5.74) is 9.11. The predicted molar refractivity (Wildman–Crippen MR) is 128 cm³/mol. The molecule has 0 atom stereocenters. The number of nitrogens with one attached hydrogen (secondary N) is 1. The number of amides is 2. The summed E-state index contributed by atoms with van der Waals surface area (Å²) in [7, 11) is 1.62. The third-order valence-corrected chi connectivity index (χ3v) is 5.30. The summed E-state index contributed by atoms with van der Waals surface area (Å²) in [5, 5.41) is 3.77. The van der Waals surface area contributed by atoms with Gasteiger partial charge in [-0.3, -0.25) is 9.78 Å². The number of likely N-dealkylation sites (N-methyl/N-ethyl adjacent to an activating group) is 1.